The van der Waals surface area contributed by atoms with E-state index >= 15 is 0 Å². The van der Waals surface area contributed by atoms with Gasteiger partial charge in [-0.25, -0.2) is 9.59 Å². The average molecular weight is 545 g/mol. The molecule has 0 atom stereocenters. The van der Waals surface area contributed by atoms with Crippen molar-refractivity contribution in [1.82, 2.24) is 0 Å². The summed E-state index contributed by atoms with van der Waals surface area (Å²) in [6.07, 6.45) is 11.3. The molecule has 0 aliphatic heterocycles. The second kappa shape index (κ2) is 16.6. The topological polar surface area (TPSA) is 114 Å². The number of rotatable bonds is 16. The molecule has 3 rings (SSSR count). The maximum absolute atomic E-state index is 12.1. The molecule has 0 amide bonds. The van der Waals surface area contributed by atoms with Crippen molar-refractivity contribution >= 4 is 29.4 Å². The smallest absolute Gasteiger partial charge is 0.338 e. The van der Waals surface area contributed by atoms with Gasteiger partial charge in [0, 0.05) is 17.5 Å². The first-order valence-corrected chi connectivity index (χ1v) is 14.0. The average Bonchev–Trinajstić information content (AvgIpc) is 2.95. The van der Waals surface area contributed by atoms with Gasteiger partial charge in [-0.15, -0.1) is 0 Å². The number of anilines is 2. The zero-order chi connectivity index (χ0) is 28.6. The van der Waals surface area contributed by atoms with E-state index in [4.69, 9.17) is 25.7 Å². The molecule has 7 nitrogen and oxygen atoms in total. The third-order valence-electron chi connectivity index (χ3n) is 6.26. The van der Waals surface area contributed by atoms with Crippen LogP contribution in [0.1, 0.15) is 73.4 Å². The zero-order valence-corrected chi connectivity index (χ0v) is 23.3. The second-order valence-electron chi connectivity index (χ2n) is 9.71. The molecular weight excluding hydrogens is 504 g/mol. The fraction of sp³-hybridized carbons (Fsp3) is 0.333. The molecule has 0 aliphatic carbocycles. The number of carbonyl (C=O) groups excluding carboxylic acids is 2. The first kappa shape index (κ1) is 30.3. The van der Waals surface area contributed by atoms with Crippen LogP contribution >= 0.6 is 0 Å². The molecule has 212 valence electrons. The van der Waals surface area contributed by atoms with Crippen LogP contribution in [0, 0.1) is 0 Å². The van der Waals surface area contributed by atoms with Crippen LogP contribution in [0.25, 0.3) is 6.08 Å². The van der Waals surface area contributed by atoms with Crippen LogP contribution in [0.4, 0.5) is 11.4 Å². The Morgan fingerprint density at radius 3 is 2.05 bits per heavy atom. The minimum absolute atomic E-state index is 0.370. The normalized spacial score (nSPS) is 10.9. The van der Waals surface area contributed by atoms with Gasteiger partial charge in [-0.3, -0.25) is 0 Å². The summed E-state index contributed by atoms with van der Waals surface area (Å²) >= 11 is 0. The summed E-state index contributed by atoms with van der Waals surface area (Å²) in [5.74, 6) is 0.516. The van der Waals surface area contributed by atoms with Crippen LogP contribution in [-0.2, 0) is 16.0 Å². The van der Waals surface area contributed by atoms with E-state index in [9.17, 15) is 9.59 Å². The lowest BCUT2D eigenvalue weighted by Gasteiger charge is -2.08. The molecular formula is C33H40N2O5. The predicted molar refractivity (Wildman–Crippen MR) is 160 cm³/mol. The number of carbonyl (C=O) groups is 2. The summed E-state index contributed by atoms with van der Waals surface area (Å²) in [5, 5.41) is 0. The van der Waals surface area contributed by atoms with Crippen LogP contribution in [0.2, 0.25) is 0 Å². The summed E-state index contributed by atoms with van der Waals surface area (Å²) in [4.78, 5) is 24.2. The van der Waals surface area contributed by atoms with Gasteiger partial charge < -0.3 is 25.7 Å². The molecule has 0 unspecified atom stereocenters. The van der Waals surface area contributed by atoms with Crippen molar-refractivity contribution in [1.29, 1.82) is 0 Å². The number of hydrogen-bond acceptors (Lipinski definition) is 7. The molecule has 0 aliphatic rings. The Labute approximate surface area is 237 Å². The molecule has 3 aromatic carbocycles. The Bertz CT molecular complexity index is 1220. The summed E-state index contributed by atoms with van der Waals surface area (Å²) in [7, 11) is 0. The maximum Gasteiger partial charge on any atom is 0.338 e. The molecule has 40 heavy (non-hydrogen) atoms. The van der Waals surface area contributed by atoms with E-state index < -0.39 is 11.9 Å². The number of nitrogen functional groups attached to an aromatic ring is 2. The molecule has 0 aromatic heterocycles. The van der Waals surface area contributed by atoms with E-state index in [1.807, 2.05) is 48.5 Å². The quantitative estimate of drug-likeness (QED) is 0.0656. The molecule has 0 bridgehead atoms. The van der Waals surface area contributed by atoms with Crippen molar-refractivity contribution in [3.63, 3.8) is 0 Å². The summed E-state index contributed by atoms with van der Waals surface area (Å²) in [6, 6.07) is 20.0. The van der Waals surface area contributed by atoms with Crippen molar-refractivity contribution in [2.75, 3.05) is 24.7 Å². The molecule has 0 spiro atoms. The Morgan fingerprint density at radius 1 is 0.750 bits per heavy atom. The summed E-state index contributed by atoms with van der Waals surface area (Å²) in [5.41, 5.74) is 14.8. The van der Waals surface area contributed by atoms with E-state index in [2.05, 4.69) is 6.92 Å². The third kappa shape index (κ3) is 11.2. The number of ether oxygens (including phenoxy) is 3. The highest BCUT2D eigenvalue weighted by Crippen LogP contribution is 2.17. The maximum atomic E-state index is 12.1. The first-order valence-electron chi connectivity index (χ1n) is 14.0. The van der Waals surface area contributed by atoms with Crippen LogP contribution in [0.3, 0.4) is 0 Å². The standard InChI is InChI=1S/C33H40N2O5/c1-2-3-9-25-12-17-31(18-13-25)40-32(36)19-14-26-10-15-30(16-11-26)38-20-7-5-4-6-8-21-39-33(37)27-22-28(34)24-29(35)23-27/h10-19,22-24H,2-9,20-21,34-35H2,1H3. The van der Waals surface area contributed by atoms with Crippen LogP contribution in [0.5, 0.6) is 11.5 Å². The number of hydrogen-bond donors (Lipinski definition) is 2. The number of nitrogens with two attached hydrogens (primary N) is 2. The Hall–Kier alpha value is -4.26. The van der Waals surface area contributed by atoms with Crippen LogP contribution < -0.4 is 20.9 Å². The Balaban J connectivity index is 1.24. The van der Waals surface area contributed by atoms with Gasteiger partial charge in [0.15, 0.2) is 0 Å². The third-order valence-corrected chi connectivity index (χ3v) is 6.26. The monoisotopic (exact) mass is 544 g/mol. The molecule has 7 heteroatoms. The molecule has 0 saturated heterocycles. The van der Waals surface area contributed by atoms with E-state index in [-0.39, 0.29) is 0 Å². The molecule has 3 aromatic rings. The summed E-state index contributed by atoms with van der Waals surface area (Å²) in [6.45, 7) is 3.17. The lowest BCUT2D eigenvalue weighted by Crippen LogP contribution is -2.08. The first-order chi connectivity index (χ1) is 19.4. The fourth-order valence-corrected chi connectivity index (χ4v) is 4.06. The van der Waals surface area contributed by atoms with Crippen LogP contribution in [-0.4, -0.2) is 25.2 Å². The highest BCUT2D eigenvalue weighted by Gasteiger charge is 2.08. The largest absolute Gasteiger partial charge is 0.494 e. The minimum Gasteiger partial charge on any atom is -0.494 e. The van der Waals surface area contributed by atoms with Crippen molar-refractivity contribution in [3.8, 4) is 11.5 Å². The number of aryl methyl sites for hydroxylation is 1. The van der Waals surface area contributed by atoms with E-state index in [0.717, 1.165) is 62.7 Å². The second-order valence-corrected chi connectivity index (χ2v) is 9.71. The van der Waals surface area contributed by atoms with Crippen molar-refractivity contribution in [2.45, 2.75) is 58.3 Å². The van der Waals surface area contributed by atoms with Crippen molar-refractivity contribution in [2.24, 2.45) is 0 Å². The summed E-state index contributed by atoms with van der Waals surface area (Å²) < 4.78 is 16.5. The van der Waals surface area contributed by atoms with Gasteiger partial charge >= 0.3 is 11.9 Å². The van der Waals surface area contributed by atoms with Gasteiger partial charge in [-0.05, 0) is 85.4 Å². The van der Waals surface area contributed by atoms with E-state index in [0.29, 0.717) is 35.9 Å². The lowest BCUT2D eigenvalue weighted by molar-refractivity contribution is -0.128. The lowest BCUT2D eigenvalue weighted by atomic mass is 10.1. The molecule has 4 N–H and O–H groups in total. The minimum atomic E-state index is -0.411. The van der Waals surface area contributed by atoms with Crippen molar-refractivity contribution in [3.05, 3.63) is 89.5 Å². The molecule has 0 saturated carbocycles. The van der Waals surface area contributed by atoms with Gasteiger partial charge in [0.2, 0.25) is 0 Å². The molecule has 0 heterocycles. The van der Waals surface area contributed by atoms with Gasteiger partial charge in [0.25, 0.3) is 0 Å². The zero-order valence-electron chi connectivity index (χ0n) is 23.3. The van der Waals surface area contributed by atoms with Gasteiger partial charge in [-0.2, -0.15) is 0 Å². The van der Waals surface area contributed by atoms with E-state index in [1.54, 1.807) is 24.3 Å². The Kier molecular flexibility index (Phi) is 12.6. The van der Waals surface area contributed by atoms with Gasteiger partial charge in [-0.1, -0.05) is 56.9 Å². The fourth-order valence-electron chi connectivity index (χ4n) is 4.06. The number of benzene rings is 3. The van der Waals surface area contributed by atoms with Gasteiger partial charge in [0.1, 0.15) is 11.5 Å². The van der Waals surface area contributed by atoms with Gasteiger partial charge in [0.05, 0.1) is 18.8 Å². The van der Waals surface area contributed by atoms with Crippen LogP contribution in [0.15, 0.2) is 72.8 Å². The number of esters is 2. The van der Waals surface area contributed by atoms with E-state index in [1.165, 1.54) is 11.6 Å². The Morgan fingerprint density at radius 2 is 1.38 bits per heavy atom. The predicted octanol–water partition coefficient (Wildman–Crippen LogP) is 7.00. The van der Waals surface area contributed by atoms with Crippen molar-refractivity contribution < 1.29 is 23.8 Å². The highest BCUT2D eigenvalue weighted by atomic mass is 16.5. The molecule has 0 radical (unpaired) electrons. The number of unbranched alkanes of at least 4 members (excludes halogenated alkanes) is 5. The SMILES string of the molecule is CCCCc1ccc(OC(=O)C=Cc2ccc(OCCCCCCCOC(=O)c3cc(N)cc(N)c3)cc2)cc1. The molecule has 0 fully saturated rings. The highest BCUT2D eigenvalue weighted by molar-refractivity contribution is 5.91.